The van der Waals surface area contributed by atoms with Crippen LogP contribution in [0.4, 0.5) is 34.1 Å². The highest BCUT2D eigenvalue weighted by Crippen LogP contribution is 2.69. The third-order valence-electron chi connectivity index (χ3n) is 26.6. The molecule has 0 saturated carbocycles. The van der Waals surface area contributed by atoms with Gasteiger partial charge in [0.2, 0.25) is 0 Å². The fourth-order valence-corrected chi connectivity index (χ4v) is 22.9. The first-order chi connectivity index (χ1) is 54.1. The minimum Gasteiger partial charge on any atom is -0.311 e. The molecule has 0 saturated heterocycles. The monoisotopic (exact) mass is 1380 g/mol. The lowest BCUT2D eigenvalue weighted by molar-refractivity contribution is 0.793. The Balaban J connectivity index is 0.848. The molecule has 18 aromatic rings. The van der Waals surface area contributed by atoms with Gasteiger partial charge in [-0.05, 0) is 210 Å². The SMILES string of the molecule is c1ccc(-c2ccc(N3c4cc(-n5c6ccccc6c6ccccc65)cc5c4B(c4ccc6c(c43)-c3ccccc3C63c4ccccc4-c4ccccc43)c3c(ccc4c3C3(c6ccccc6-c6ccccc63)c3ccccc3-4)N5c3ccc4c(c3)-c3ccccc3C43c4ccccc4-c4ccccc43)cc2)cc1. The first-order valence-corrected chi connectivity index (χ1v) is 38.4. The van der Waals surface area contributed by atoms with Gasteiger partial charge in [0.15, 0.2) is 0 Å². The van der Waals surface area contributed by atoms with Crippen LogP contribution in [0.1, 0.15) is 66.8 Å². The number of aromatic nitrogens is 1. The molecule has 4 heteroatoms. The Morgan fingerprint density at radius 2 is 0.596 bits per heavy atom. The summed E-state index contributed by atoms with van der Waals surface area (Å²) < 4.78 is 2.57. The van der Waals surface area contributed by atoms with Crippen LogP contribution in [0, 0.1) is 0 Å². The Labute approximate surface area is 631 Å². The van der Waals surface area contributed by atoms with Gasteiger partial charge in [0, 0.05) is 50.5 Å². The number of nitrogens with zero attached hydrogens (tertiary/aromatic N) is 3. The molecule has 500 valence electrons. The number of hydrogen-bond donors (Lipinski definition) is 0. The van der Waals surface area contributed by atoms with E-state index in [9.17, 15) is 0 Å². The number of hydrogen-bond acceptors (Lipinski definition) is 2. The first-order valence-electron chi connectivity index (χ1n) is 38.4. The molecule has 0 radical (unpaired) electrons. The van der Waals surface area contributed by atoms with Gasteiger partial charge in [0.25, 0.3) is 6.71 Å². The van der Waals surface area contributed by atoms with E-state index in [1.165, 1.54) is 183 Å². The molecule has 0 atom stereocenters. The summed E-state index contributed by atoms with van der Waals surface area (Å²) in [4.78, 5) is 5.48. The molecule has 3 nitrogen and oxygen atoms in total. The molecule has 1 aromatic heterocycles. The van der Waals surface area contributed by atoms with E-state index in [-0.39, 0.29) is 6.71 Å². The normalized spacial score (nSPS) is 15.0. The molecule has 0 fully saturated rings. The first kappa shape index (κ1) is 58.5. The molecule has 17 aromatic carbocycles. The van der Waals surface area contributed by atoms with Crippen molar-refractivity contribution in [2.75, 3.05) is 9.80 Å². The zero-order valence-corrected chi connectivity index (χ0v) is 59.2. The van der Waals surface area contributed by atoms with E-state index < -0.39 is 16.2 Å². The lowest BCUT2D eigenvalue weighted by Gasteiger charge is -2.47. The van der Waals surface area contributed by atoms with Crippen LogP contribution in [0.15, 0.2) is 376 Å². The Morgan fingerprint density at radius 1 is 0.220 bits per heavy atom. The minimum absolute atomic E-state index is 0.318. The van der Waals surface area contributed by atoms with Gasteiger partial charge in [-0.3, -0.25) is 0 Å². The molecule has 8 aliphatic rings. The summed E-state index contributed by atoms with van der Waals surface area (Å²) >= 11 is 0. The van der Waals surface area contributed by atoms with Gasteiger partial charge in [-0.25, -0.2) is 0 Å². The number of benzene rings is 17. The van der Waals surface area contributed by atoms with E-state index >= 15 is 0 Å². The Kier molecular flexibility index (Phi) is 11.2. The Hall–Kier alpha value is -13.8. The highest BCUT2D eigenvalue weighted by molar-refractivity contribution is 7.01. The molecule has 0 N–H and O–H groups in total. The topological polar surface area (TPSA) is 11.4 Å². The maximum absolute atomic E-state index is 2.74. The molecule has 6 aliphatic carbocycles. The third kappa shape index (κ3) is 6.92. The van der Waals surface area contributed by atoms with Gasteiger partial charge >= 0.3 is 0 Å². The van der Waals surface area contributed by atoms with Crippen molar-refractivity contribution in [1.29, 1.82) is 0 Å². The van der Waals surface area contributed by atoms with Gasteiger partial charge in [-0.15, -0.1) is 0 Å². The highest BCUT2D eigenvalue weighted by Gasteiger charge is 2.60. The average molecular weight is 1380 g/mol. The molecule has 26 rings (SSSR count). The van der Waals surface area contributed by atoms with Crippen molar-refractivity contribution in [2.24, 2.45) is 0 Å². The third-order valence-corrected chi connectivity index (χ3v) is 26.6. The maximum Gasteiger partial charge on any atom is 0.252 e. The summed E-state index contributed by atoms with van der Waals surface area (Å²) in [5.74, 6) is 0. The van der Waals surface area contributed by atoms with Gasteiger partial charge in [-0.2, -0.15) is 0 Å². The summed E-state index contributed by atoms with van der Waals surface area (Å²) in [5.41, 5.74) is 45.9. The second-order valence-corrected chi connectivity index (χ2v) is 31.0. The van der Waals surface area contributed by atoms with Crippen molar-refractivity contribution in [1.82, 2.24) is 4.57 Å². The van der Waals surface area contributed by atoms with Crippen LogP contribution in [-0.2, 0) is 16.2 Å². The van der Waals surface area contributed by atoms with Crippen molar-refractivity contribution in [3.63, 3.8) is 0 Å². The fourth-order valence-electron chi connectivity index (χ4n) is 22.9. The summed E-state index contributed by atoms with van der Waals surface area (Å²) in [6.07, 6.45) is 0. The van der Waals surface area contributed by atoms with Crippen molar-refractivity contribution >= 4 is 79.0 Å². The van der Waals surface area contributed by atoms with Gasteiger partial charge in [0.1, 0.15) is 0 Å². The number of fused-ring (bicyclic) bond motifs is 39. The highest BCUT2D eigenvalue weighted by atomic mass is 15.2. The van der Waals surface area contributed by atoms with E-state index in [0.717, 1.165) is 39.5 Å². The molecule has 0 unspecified atom stereocenters. The standard InChI is InChI=1S/C105H62BN3/c1-2-26-63(27-3-1)64-50-52-65(53-51-64)109-97-62-67(108-93-48-24-13-36-76(93)77-37-14-25-49-94(77)108)61-96-100(97)106(92-58-57-91-98(102(92)109)79-38-12-23-47-89(79)104(91)83-41-17-6-30-70(83)71-31-7-18-42-84(71)104)101-95(59-55-78-74-34-10-22-46-88(74)105(99(78)101)86-44-20-8-32-72(86)73-33-9-21-45-87(73)105)107(96)66-54-56-90-80(60-66)75-35-11-19-43-85(75)103(90)81-39-15-4-28-68(81)69-29-5-16-40-82(69)103/h1-62H. The predicted octanol–water partition coefficient (Wildman–Crippen LogP) is 23.6. The van der Waals surface area contributed by atoms with Crippen LogP contribution in [0.3, 0.4) is 0 Å². The Morgan fingerprint density at radius 3 is 1.11 bits per heavy atom. The van der Waals surface area contributed by atoms with Crippen LogP contribution < -0.4 is 26.2 Å². The lowest BCUT2D eigenvalue weighted by Crippen LogP contribution is -2.63. The lowest BCUT2D eigenvalue weighted by atomic mass is 9.31. The smallest absolute Gasteiger partial charge is 0.252 e. The van der Waals surface area contributed by atoms with Crippen LogP contribution in [0.25, 0.3) is 105 Å². The minimum atomic E-state index is -0.710. The van der Waals surface area contributed by atoms with Crippen LogP contribution in [0.5, 0.6) is 0 Å². The van der Waals surface area contributed by atoms with E-state index in [0.29, 0.717) is 0 Å². The molecular formula is C105H62BN3. The summed E-state index contributed by atoms with van der Waals surface area (Å²) in [6, 6.07) is 146. The second-order valence-electron chi connectivity index (χ2n) is 31.0. The quantitative estimate of drug-likeness (QED) is 0.163. The van der Waals surface area contributed by atoms with Gasteiger partial charge < -0.3 is 14.4 Å². The largest absolute Gasteiger partial charge is 0.311 e. The predicted molar refractivity (Wildman–Crippen MR) is 449 cm³/mol. The van der Waals surface area contributed by atoms with E-state index in [4.69, 9.17) is 0 Å². The Bertz CT molecular complexity index is 6950. The van der Waals surface area contributed by atoms with E-state index in [2.05, 4.69) is 390 Å². The van der Waals surface area contributed by atoms with Crippen molar-refractivity contribution < 1.29 is 0 Å². The van der Waals surface area contributed by atoms with E-state index in [1.54, 1.807) is 0 Å². The number of para-hydroxylation sites is 2. The summed E-state index contributed by atoms with van der Waals surface area (Å²) in [6.45, 7) is -0.318. The van der Waals surface area contributed by atoms with Gasteiger partial charge in [0.05, 0.1) is 33.0 Å². The zero-order valence-electron chi connectivity index (χ0n) is 59.2. The number of anilines is 6. The molecule has 0 bridgehead atoms. The molecule has 0 amide bonds. The summed E-state index contributed by atoms with van der Waals surface area (Å²) in [5, 5.41) is 2.44. The second kappa shape index (κ2) is 20.8. The van der Waals surface area contributed by atoms with Gasteiger partial charge in [-0.1, -0.05) is 322 Å². The molecule has 3 heterocycles. The fraction of sp³-hybridized carbons (Fsp3) is 0.0286. The van der Waals surface area contributed by atoms with Crippen LogP contribution in [0.2, 0.25) is 0 Å². The van der Waals surface area contributed by atoms with Crippen molar-refractivity contribution in [3.05, 3.63) is 443 Å². The number of rotatable bonds is 4. The van der Waals surface area contributed by atoms with Crippen LogP contribution >= 0.6 is 0 Å². The maximum atomic E-state index is 2.74. The molecule has 3 spiro atoms. The molecule has 109 heavy (non-hydrogen) atoms. The zero-order chi connectivity index (χ0) is 70.7. The average Bonchev–Trinajstić information content (AvgIpc) is 1.54. The van der Waals surface area contributed by atoms with E-state index in [1.807, 2.05) is 0 Å². The molecular weight excluding hydrogens is 1310 g/mol. The van der Waals surface area contributed by atoms with Crippen molar-refractivity contribution in [2.45, 2.75) is 16.2 Å². The van der Waals surface area contributed by atoms with Crippen molar-refractivity contribution in [3.8, 4) is 83.6 Å². The van der Waals surface area contributed by atoms with Crippen LogP contribution in [-0.4, -0.2) is 11.3 Å². The molecule has 2 aliphatic heterocycles. The summed E-state index contributed by atoms with van der Waals surface area (Å²) in [7, 11) is 0.